The van der Waals surface area contributed by atoms with Crippen LogP contribution in [0.25, 0.3) is 0 Å². The number of carbonyl (C=O) groups is 1. The monoisotopic (exact) mass is 539 g/mol. The molecule has 37 heavy (non-hydrogen) atoms. The largest absolute Gasteiger partial charge is 0.486 e. The van der Waals surface area contributed by atoms with Crippen LogP contribution in [0.2, 0.25) is 10.0 Å². The van der Waals surface area contributed by atoms with Gasteiger partial charge in [0.05, 0.1) is 10.0 Å². The quantitative estimate of drug-likeness (QED) is 0.229. The van der Waals surface area contributed by atoms with Gasteiger partial charge in [-0.15, -0.1) is 0 Å². The highest BCUT2D eigenvalue weighted by Crippen LogP contribution is 2.33. The Morgan fingerprint density at radius 3 is 2.43 bits per heavy atom. The Bertz CT molecular complexity index is 1250. The van der Waals surface area contributed by atoms with Gasteiger partial charge in [0.1, 0.15) is 17.6 Å². The van der Waals surface area contributed by atoms with E-state index in [0.717, 1.165) is 32.5 Å². The average Bonchev–Trinajstić information content (AvgIpc) is 2.90. The van der Waals surface area contributed by atoms with Crippen LogP contribution in [-0.4, -0.2) is 41.1 Å². The van der Waals surface area contributed by atoms with Crippen molar-refractivity contribution in [2.75, 3.05) is 30.7 Å². The summed E-state index contributed by atoms with van der Waals surface area (Å²) in [4.78, 5) is 19.3. The minimum absolute atomic E-state index is 0.258. The number of ether oxygens (including phenoxy) is 1. The third-order valence-electron chi connectivity index (χ3n) is 6.81. The number of piperidine rings is 1. The van der Waals surface area contributed by atoms with E-state index in [1.807, 2.05) is 12.1 Å². The number of anilines is 2. The van der Waals surface area contributed by atoms with Crippen LogP contribution in [0.4, 0.5) is 11.4 Å². The lowest BCUT2D eigenvalue weighted by Gasteiger charge is -2.31. The molecule has 0 radical (unpaired) electrons. The summed E-state index contributed by atoms with van der Waals surface area (Å²) < 4.78 is 6.01. The second kappa shape index (κ2) is 11.9. The predicted octanol–water partition coefficient (Wildman–Crippen LogP) is 6.32. The highest BCUT2D eigenvalue weighted by Gasteiger charge is 2.21. The molecule has 1 atom stereocenters. The first-order valence-electron chi connectivity index (χ1n) is 12.3. The lowest BCUT2D eigenvalue weighted by molar-refractivity contribution is -0.110. The maximum absolute atomic E-state index is 12.9. The van der Waals surface area contributed by atoms with Gasteiger partial charge >= 0.3 is 0 Å². The number of nitrogens with zero attached hydrogens (tertiary/aromatic N) is 2. The highest BCUT2D eigenvalue weighted by molar-refractivity contribution is 6.48. The Hall–Kier alpha value is -3.13. The van der Waals surface area contributed by atoms with E-state index in [1.54, 1.807) is 25.1 Å². The molecule has 1 saturated heterocycles. The molecule has 4 N–H and O–H groups in total. The van der Waals surface area contributed by atoms with Gasteiger partial charge in [0.15, 0.2) is 0 Å². The van der Waals surface area contributed by atoms with Crippen LogP contribution in [0.3, 0.4) is 0 Å². The molecule has 2 aromatic carbocycles. The number of nitrogens with one attached hydrogen (secondary N) is 2. The smallest absolute Gasteiger partial charge is 0.274 e. The molecule has 9 heteroatoms. The first-order chi connectivity index (χ1) is 17.8. The van der Waals surface area contributed by atoms with Crippen molar-refractivity contribution in [1.29, 1.82) is 5.41 Å². The molecule has 2 heterocycles. The second-order valence-corrected chi connectivity index (χ2v) is 10.0. The van der Waals surface area contributed by atoms with Crippen molar-refractivity contribution in [3.8, 4) is 5.75 Å². The van der Waals surface area contributed by atoms with E-state index in [-0.39, 0.29) is 11.3 Å². The van der Waals surface area contributed by atoms with Gasteiger partial charge in [-0.3, -0.25) is 15.2 Å². The number of amides is 1. The van der Waals surface area contributed by atoms with Gasteiger partial charge in [-0.2, -0.15) is 0 Å². The summed E-state index contributed by atoms with van der Waals surface area (Å²) in [5.41, 5.74) is 8.93. The SMILES string of the molecule is CCN1CCC(c2ccc(NC(=O)C(=N)c3cc(OC(C)c4c(Cl)cncc4Cl)ccc3N)cc2)CC1. The lowest BCUT2D eigenvalue weighted by Crippen LogP contribution is -2.32. The van der Waals surface area contributed by atoms with Crippen molar-refractivity contribution in [3.63, 3.8) is 0 Å². The van der Waals surface area contributed by atoms with Crippen molar-refractivity contribution >= 4 is 46.2 Å². The number of nitrogens with two attached hydrogens (primary N) is 1. The summed E-state index contributed by atoms with van der Waals surface area (Å²) in [6.45, 7) is 7.32. The van der Waals surface area contributed by atoms with Gasteiger partial charge in [-0.25, -0.2) is 0 Å². The Kier molecular flexibility index (Phi) is 8.69. The normalized spacial score (nSPS) is 15.2. The molecule has 1 fully saturated rings. The van der Waals surface area contributed by atoms with E-state index in [9.17, 15) is 4.79 Å². The van der Waals surface area contributed by atoms with Crippen molar-refractivity contribution in [3.05, 3.63) is 81.6 Å². The number of halogens is 2. The second-order valence-electron chi connectivity index (χ2n) is 9.19. The highest BCUT2D eigenvalue weighted by atomic mass is 35.5. The molecule has 1 aromatic heterocycles. The van der Waals surface area contributed by atoms with Crippen LogP contribution in [-0.2, 0) is 4.79 Å². The van der Waals surface area contributed by atoms with E-state index < -0.39 is 12.0 Å². The summed E-state index contributed by atoms with van der Waals surface area (Å²) >= 11 is 12.5. The molecule has 1 aliphatic heterocycles. The Balaban J connectivity index is 1.42. The maximum Gasteiger partial charge on any atom is 0.274 e. The summed E-state index contributed by atoms with van der Waals surface area (Å²) in [7, 11) is 0. The molecular formula is C28H31Cl2N5O2. The van der Waals surface area contributed by atoms with E-state index in [1.165, 1.54) is 18.0 Å². The lowest BCUT2D eigenvalue weighted by atomic mass is 9.89. The molecule has 194 valence electrons. The van der Waals surface area contributed by atoms with Crippen molar-refractivity contribution in [1.82, 2.24) is 9.88 Å². The zero-order valence-corrected chi connectivity index (χ0v) is 22.4. The Morgan fingerprint density at radius 1 is 1.16 bits per heavy atom. The number of pyridine rings is 1. The molecule has 4 rings (SSSR count). The fraction of sp³-hybridized carbons (Fsp3) is 0.321. The molecular weight excluding hydrogens is 509 g/mol. The number of benzene rings is 2. The van der Waals surface area contributed by atoms with Gasteiger partial charge in [0, 0.05) is 34.9 Å². The van der Waals surface area contributed by atoms with Gasteiger partial charge in [0.2, 0.25) is 0 Å². The van der Waals surface area contributed by atoms with Gasteiger partial charge in [-0.05, 0) is 81.2 Å². The summed E-state index contributed by atoms with van der Waals surface area (Å²) in [6, 6.07) is 12.7. The first kappa shape index (κ1) is 26.9. The summed E-state index contributed by atoms with van der Waals surface area (Å²) in [5, 5.41) is 12.1. The summed E-state index contributed by atoms with van der Waals surface area (Å²) in [6.07, 6.45) is 4.78. The number of nitrogen functional groups attached to an aromatic ring is 1. The number of aromatic nitrogens is 1. The van der Waals surface area contributed by atoms with Gasteiger partial charge in [0.25, 0.3) is 5.91 Å². The fourth-order valence-electron chi connectivity index (χ4n) is 4.63. The molecule has 1 unspecified atom stereocenters. The number of hydrogen-bond donors (Lipinski definition) is 3. The first-order valence-corrected chi connectivity index (χ1v) is 13.1. The predicted molar refractivity (Wildman–Crippen MR) is 150 cm³/mol. The van der Waals surface area contributed by atoms with Crippen molar-refractivity contribution < 1.29 is 9.53 Å². The molecule has 1 amide bonds. The van der Waals surface area contributed by atoms with Crippen molar-refractivity contribution in [2.24, 2.45) is 0 Å². The number of likely N-dealkylation sites (tertiary alicyclic amines) is 1. The maximum atomic E-state index is 12.9. The van der Waals surface area contributed by atoms with Gasteiger partial charge in [-0.1, -0.05) is 42.3 Å². The number of hydrogen-bond acceptors (Lipinski definition) is 6. The zero-order chi connectivity index (χ0) is 26.5. The third kappa shape index (κ3) is 6.42. The van der Waals surface area contributed by atoms with E-state index in [0.29, 0.717) is 38.7 Å². The molecule has 0 spiro atoms. The Morgan fingerprint density at radius 2 is 1.81 bits per heavy atom. The number of carbonyl (C=O) groups excluding carboxylic acids is 1. The van der Waals surface area contributed by atoms with Crippen molar-refractivity contribution in [2.45, 2.75) is 38.7 Å². The Labute approximate surface area is 227 Å². The van der Waals surface area contributed by atoms with Crippen LogP contribution in [0.1, 0.15) is 55.4 Å². The average molecular weight is 540 g/mol. The minimum atomic E-state index is -0.555. The standard InChI is InChI=1S/C28H31Cl2N5O2/c1-3-35-12-10-19(11-13-35)18-4-6-20(7-5-18)34-28(36)27(32)22-14-21(8-9-25(22)31)37-17(2)26-23(29)15-33-16-24(26)30/h4-9,14-17,19,32H,3,10-13,31H2,1-2H3,(H,34,36). The molecule has 0 saturated carbocycles. The molecule has 0 bridgehead atoms. The van der Waals surface area contributed by atoms with E-state index >= 15 is 0 Å². The topological polar surface area (TPSA) is 104 Å². The van der Waals surface area contributed by atoms with Crippen LogP contribution >= 0.6 is 23.2 Å². The third-order valence-corrected chi connectivity index (χ3v) is 7.41. The molecule has 1 aliphatic rings. The minimum Gasteiger partial charge on any atom is -0.486 e. The molecule has 3 aromatic rings. The molecule has 0 aliphatic carbocycles. The summed E-state index contributed by atoms with van der Waals surface area (Å²) in [5.74, 6) is 0.408. The van der Waals surface area contributed by atoms with Crippen LogP contribution < -0.4 is 15.8 Å². The fourth-order valence-corrected chi connectivity index (χ4v) is 5.31. The molecule has 7 nitrogen and oxygen atoms in total. The van der Waals surface area contributed by atoms with Crippen LogP contribution in [0.15, 0.2) is 54.9 Å². The van der Waals surface area contributed by atoms with E-state index in [2.05, 4.69) is 34.3 Å². The van der Waals surface area contributed by atoms with Crippen LogP contribution in [0, 0.1) is 5.41 Å². The van der Waals surface area contributed by atoms with Gasteiger partial charge < -0.3 is 20.7 Å². The van der Waals surface area contributed by atoms with E-state index in [4.69, 9.17) is 39.1 Å². The van der Waals surface area contributed by atoms with Crippen LogP contribution in [0.5, 0.6) is 5.75 Å². The number of rotatable bonds is 8. The zero-order valence-electron chi connectivity index (χ0n) is 20.9.